The molecule has 3 nitrogen and oxygen atoms in total. The van der Waals surface area contributed by atoms with E-state index in [4.69, 9.17) is 11.6 Å². The highest BCUT2D eigenvalue weighted by molar-refractivity contribution is 7.92. The Labute approximate surface area is 115 Å². The van der Waals surface area contributed by atoms with E-state index in [0.717, 1.165) is 5.56 Å². The van der Waals surface area contributed by atoms with Gasteiger partial charge in [-0.05, 0) is 36.5 Å². The van der Waals surface area contributed by atoms with E-state index in [9.17, 15) is 8.42 Å². The number of anilines is 1. The average molecular weight is 290 g/mol. The molecule has 18 heavy (non-hydrogen) atoms. The van der Waals surface area contributed by atoms with Crippen LogP contribution >= 0.6 is 11.6 Å². The topological polar surface area (TPSA) is 46.2 Å². The quantitative estimate of drug-likeness (QED) is 0.616. The summed E-state index contributed by atoms with van der Waals surface area (Å²) >= 11 is 5.53. The maximum atomic E-state index is 11.8. The van der Waals surface area contributed by atoms with E-state index >= 15 is 0 Å². The zero-order valence-electron chi connectivity index (χ0n) is 10.8. The number of unbranched alkanes of at least 4 members (excludes halogenated alkanes) is 1. The molecule has 0 saturated carbocycles. The highest BCUT2D eigenvalue weighted by atomic mass is 35.5. The van der Waals surface area contributed by atoms with E-state index in [2.05, 4.69) is 18.6 Å². The number of benzene rings is 1. The number of sulfonamides is 1. The zero-order chi connectivity index (χ0) is 13.6. The van der Waals surface area contributed by atoms with Crippen LogP contribution in [0.1, 0.15) is 38.2 Å². The average Bonchev–Trinajstić information content (AvgIpc) is 2.28. The Morgan fingerprint density at radius 3 is 2.61 bits per heavy atom. The molecule has 0 atom stereocenters. The van der Waals surface area contributed by atoms with Gasteiger partial charge in [-0.1, -0.05) is 26.0 Å². The van der Waals surface area contributed by atoms with Crippen molar-refractivity contribution < 1.29 is 8.42 Å². The molecule has 0 heterocycles. The fraction of sp³-hybridized carbons (Fsp3) is 0.538. The summed E-state index contributed by atoms with van der Waals surface area (Å²) < 4.78 is 26.2. The van der Waals surface area contributed by atoms with Crippen LogP contribution in [0.2, 0.25) is 0 Å². The summed E-state index contributed by atoms with van der Waals surface area (Å²) in [6, 6.07) is 7.51. The monoisotopic (exact) mass is 289 g/mol. The summed E-state index contributed by atoms with van der Waals surface area (Å²) in [6.45, 7) is 4.15. The van der Waals surface area contributed by atoms with Gasteiger partial charge in [-0.2, -0.15) is 0 Å². The third kappa shape index (κ3) is 5.27. The molecule has 102 valence electrons. The second-order valence-electron chi connectivity index (χ2n) is 4.60. The van der Waals surface area contributed by atoms with Crippen LogP contribution in [0.15, 0.2) is 24.3 Å². The molecule has 0 spiro atoms. The molecule has 0 saturated heterocycles. The fourth-order valence-corrected chi connectivity index (χ4v) is 2.94. The minimum absolute atomic E-state index is 0.117. The predicted octanol–water partition coefficient (Wildman–Crippen LogP) is 3.57. The SMILES string of the molecule is CC(C)c1cccc(NS(=O)(=O)CCCCCl)c1. The third-order valence-corrected chi connectivity index (χ3v) is 4.26. The first-order valence-corrected chi connectivity index (χ1v) is 8.29. The molecule has 0 fully saturated rings. The minimum atomic E-state index is -3.26. The molecular weight excluding hydrogens is 270 g/mol. The first kappa shape index (κ1) is 15.3. The van der Waals surface area contributed by atoms with E-state index in [1.165, 1.54) is 0 Å². The van der Waals surface area contributed by atoms with Crippen LogP contribution in [0.25, 0.3) is 0 Å². The van der Waals surface area contributed by atoms with Gasteiger partial charge in [-0.3, -0.25) is 4.72 Å². The zero-order valence-corrected chi connectivity index (χ0v) is 12.4. The van der Waals surface area contributed by atoms with Crippen LogP contribution in [0.5, 0.6) is 0 Å². The first-order valence-electron chi connectivity index (χ1n) is 6.11. The van der Waals surface area contributed by atoms with Crippen molar-refractivity contribution in [2.45, 2.75) is 32.6 Å². The highest BCUT2D eigenvalue weighted by Crippen LogP contribution is 2.19. The van der Waals surface area contributed by atoms with Gasteiger partial charge in [0.25, 0.3) is 0 Å². The van der Waals surface area contributed by atoms with Crippen molar-refractivity contribution in [3.63, 3.8) is 0 Å². The fourth-order valence-electron chi connectivity index (χ4n) is 1.58. The van der Waals surface area contributed by atoms with Gasteiger partial charge in [0.15, 0.2) is 0 Å². The molecule has 0 bridgehead atoms. The summed E-state index contributed by atoms with van der Waals surface area (Å²) in [5.41, 5.74) is 1.75. The van der Waals surface area contributed by atoms with E-state index in [1.54, 1.807) is 6.07 Å². The molecule has 0 unspecified atom stereocenters. The Morgan fingerprint density at radius 1 is 1.28 bits per heavy atom. The lowest BCUT2D eigenvalue weighted by Gasteiger charge is -2.10. The summed E-state index contributed by atoms with van der Waals surface area (Å²) in [7, 11) is -3.26. The Hall–Kier alpha value is -0.740. The highest BCUT2D eigenvalue weighted by Gasteiger charge is 2.10. The first-order chi connectivity index (χ1) is 8.44. The van der Waals surface area contributed by atoms with Crippen molar-refractivity contribution in [3.8, 4) is 0 Å². The van der Waals surface area contributed by atoms with Crippen molar-refractivity contribution in [3.05, 3.63) is 29.8 Å². The number of hydrogen-bond acceptors (Lipinski definition) is 2. The molecule has 0 aliphatic rings. The number of rotatable bonds is 7. The lowest BCUT2D eigenvalue weighted by molar-refractivity contribution is 0.598. The Kier molecular flexibility index (Phi) is 5.96. The van der Waals surface area contributed by atoms with E-state index in [0.29, 0.717) is 30.3 Å². The van der Waals surface area contributed by atoms with Gasteiger partial charge in [-0.25, -0.2) is 8.42 Å². The molecule has 5 heteroatoms. The molecule has 0 radical (unpaired) electrons. The molecule has 0 aliphatic heterocycles. The molecule has 0 amide bonds. The standard InChI is InChI=1S/C13H20ClNO2S/c1-11(2)12-6-5-7-13(10-12)15-18(16,17)9-4-3-8-14/h5-7,10-11,15H,3-4,8-9H2,1-2H3. The van der Waals surface area contributed by atoms with Gasteiger partial charge in [0.1, 0.15) is 0 Å². The van der Waals surface area contributed by atoms with Gasteiger partial charge in [0, 0.05) is 11.6 Å². The second kappa shape index (κ2) is 7.00. The van der Waals surface area contributed by atoms with Crippen LogP contribution in [0.3, 0.4) is 0 Å². The maximum Gasteiger partial charge on any atom is 0.232 e. The van der Waals surface area contributed by atoms with Gasteiger partial charge in [-0.15, -0.1) is 11.6 Å². The minimum Gasteiger partial charge on any atom is -0.284 e. The molecule has 1 rings (SSSR count). The van der Waals surface area contributed by atoms with Gasteiger partial charge in [0.2, 0.25) is 10.0 Å². The number of halogens is 1. The smallest absolute Gasteiger partial charge is 0.232 e. The molecule has 1 aromatic rings. The normalized spacial score (nSPS) is 11.8. The largest absolute Gasteiger partial charge is 0.284 e. The molecule has 0 aromatic heterocycles. The summed E-state index contributed by atoms with van der Waals surface area (Å²) in [6.07, 6.45) is 1.30. The van der Waals surface area contributed by atoms with Crippen LogP contribution in [0, 0.1) is 0 Å². The van der Waals surface area contributed by atoms with Gasteiger partial charge < -0.3 is 0 Å². The predicted molar refractivity (Wildman–Crippen MR) is 77.9 cm³/mol. The van der Waals surface area contributed by atoms with Crippen LogP contribution in [0.4, 0.5) is 5.69 Å². The van der Waals surface area contributed by atoms with E-state index in [1.807, 2.05) is 18.2 Å². The van der Waals surface area contributed by atoms with Gasteiger partial charge >= 0.3 is 0 Å². The third-order valence-electron chi connectivity index (χ3n) is 2.62. The van der Waals surface area contributed by atoms with E-state index in [-0.39, 0.29) is 5.75 Å². The van der Waals surface area contributed by atoms with Crippen LogP contribution in [-0.2, 0) is 10.0 Å². The van der Waals surface area contributed by atoms with Crippen molar-refractivity contribution in [2.24, 2.45) is 0 Å². The Morgan fingerprint density at radius 2 is 2.00 bits per heavy atom. The van der Waals surface area contributed by atoms with Crippen molar-refractivity contribution >= 4 is 27.3 Å². The summed E-state index contributed by atoms with van der Waals surface area (Å²) in [5.74, 6) is 0.995. The van der Waals surface area contributed by atoms with Crippen molar-refractivity contribution in [2.75, 3.05) is 16.4 Å². The second-order valence-corrected chi connectivity index (χ2v) is 6.82. The molecular formula is C13H20ClNO2S. The number of nitrogens with one attached hydrogen (secondary N) is 1. The van der Waals surface area contributed by atoms with Crippen LogP contribution in [-0.4, -0.2) is 20.1 Å². The van der Waals surface area contributed by atoms with Gasteiger partial charge in [0.05, 0.1) is 5.75 Å². The Bertz CT molecular complexity index is 472. The maximum absolute atomic E-state index is 11.8. The lowest BCUT2D eigenvalue weighted by atomic mass is 10.0. The molecule has 0 aliphatic carbocycles. The van der Waals surface area contributed by atoms with Crippen LogP contribution < -0.4 is 4.72 Å². The van der Waals surface area contributed by atoms with Crippen molar-refractivity contribution in [1.29, 1.82) is 0 Å². The number of alkyl halides is 1. The summed E-state index contributed by atoms with van der Waals surface area (Å²) in [4.78, 5) is 0. The number of hydrogen-bond donors (Lipinski definition) is 1. The Balaban J connectivity index is 2.69. The lowest BCUT2D eigenvalue weighted by Crippen LogP contribution is -2.16. The summed E-state index contributed by atoms with van der Waals surface area (Å²) in [5, 5.41) is 0. The van der Waals surface area contributed by atoms with Crippen molar-refractivity contribution in [1.82, 2.24) is 0 Å². The molecule has 1 aromatic carbocycles. The molecule has 1 N–H and O–H groups in total. The van der Waals surface area contributed by atoms with E-state index < -0.39 is 10.0 Å².